The molecule has 2 aromatic rings. The molecule has 3 N–H and O–H groups in total. The maximum atomic E-state index is 14.9. The molecule has 8 rings (SSSR count). The van der Waals surface area contributed by atoms with Crippen LogP contribution in [0.1, 0.15) is 83.5 Å². The van der Waals surface area contributed by atoms with E-state index in [0.29, 0.717) is 49.8 Å². The Kier molecular flexibility index (Phi) is 11.0. The Morgan fingerprint density at radius 1 is 1.02 bits per heavy atom. The summed E-state index contributed by atoms with van der Waals surface area (Å²) in [5, 5.41) is 5.34. The lowest BCUT2D eigenvalue weighted by molar-refractivity contribution is -0.142. The van der Waals surface area contributed by atoms with Gasteiger partial charge in [0.15, 0.2) is 0 Å². The minimum Gasteiger partial charge on any atom is -0.496 e. The highest BCUT2D eigenvalue weighted by Crippen LogP contribution is 2.46. The van der Waals surface area contributed by atoms with Crippen molar-refractivity contribution in [3.63, 3.8) is 0 Å². The van der Waals surface area contributed by atoms with Crippen LogP contribution in [0.4, 0.5) is 4.79 Å². The molecule has 2 bridgehead atoms. The van der Waals surface area contributed by atoms with Gasteiger partial charge in [0.05, 0.1) is 24.4 Å². The van der Waals surface area contributed by atoms with Gasteiger partial charge in [-0.2, -0.15) is 4.98 Å². The Bertz CT molecular complexity index is 2180. The molecule has 0 spiro atoms. The fourth-order valence-corrected chi connectivity index (χ4v) is 10.8. The van der Waals surface area contributed by atoms with E-state index in [1.165, 1.54) is 22.7 Å². The van der Waals surface area contributed by atoms with Crippen molar-refractivity contribution in [3.8, 4) is 11.8 Å². The van der Waals surface area contributed by atoms with Crippen molar-refractivity contribution in [2.75, 3.05) is 13.7 Å². The van der Waals surface area contributed by atoms with Crippen LogP contribution in [0.25, 0.3) is 10.9 Å². The third kappa shape index (κ3) is 7.81. The summed E-state index contributed by atoms with van der Waals surface area (Å²) in [4.78, 5) is 76.9. The number of methoxy groups -OCH3 is 1. The zero-order chi connectivity index (χ0) is 40.8. The van der Waals surface area contributed by atoms with Crippen LogP contribution in [0, 0.1) is 17.8 Å². The largest absolute Gasteiger partial charge is 0.496 e. The molecule has 1 aromatic carbocycles. The third-order valence-electron chi connectivity index (χ3n) is 12.9. The Labute approximate surface area is 337 Å². The zero-order valence-electron chi connectivity index (χ0n) is 32.7. The Balaban J connectivity index is 1.16. The minimum absolute atomic E-state index is 0.00470. The van der Waals surface area contributed by atoms with Gasteiger partial charge in [0, 0.05) is 18.9 Å². The van der Waals surface area contributed by atoms with E-state index in [2.05, 4.69) is 21.9 Å². The van der Waals surface area contributed by atoms with E-state index in [-0.39, 0.29) is 60.8 Å². The molecule has 0 radical (unpaired) electrons. The second kappa shape index (κ2) is 16.0. The Hall–Kier alpha value is -4.93. The number of benzene rings is 1. The number of amides is 4. The molecule has 4 aliphatic carbocycles. The van der Waals surface area contributed by atoms with Crippen LogP contribution >= 0.6 is 0 Å². The summed E-state index contributed by atoms with van der Waals surface area (Å²) in [6.45, 7) is 3.81. The SMILES string of the molecule is C=C[C@@H]1C[C@]1(NC(=O)[C@@H]1C[C@@H]2CN1C(=O)[C@H](C1CCCC1)NC(=O)O[C@@H]1CCC[C@H]1CC/C=C\Cn1c(nc3cccc(OC)c3c1=O)O2)C(=O)NS(=O)(=O)C1CC1. The molecule has 58 heavy (non-hydrogen) atoms. The fourth-order valence-electron chi connectivity index (χ4n) is 9.42. The van der Waals surface area contributed by atoms with E-state index in [1.54, 1.807) is 18.2 Å². The number of aromatic nitrogens is 2. The molecule has 1 saturated heterocycles. The number of sulfonamides is 1. The van der Waals surface area contributed by atoms with Gasteiger partial charge in [-0.25, -0.2) is 13.2 Å². The summed E-state index contributed by atoms with van der Waals surface area (Å²) < 4.78 is 47.2. The number of carbonyl (C=O) groups is 4. The van der Waals surface area contributed by atoms with E-state index in [9.17, 15) is 32.4 Å². The van der Waals surface area contributed by atoms with Crippen molar-refractivity contribution >= 4 is 44.7 Å². The number of hydrogen-bond acceptors (Lipinski definition) is 11. The second-order valence-corrected chi connectivity index (χ2v) is 18.6. The molecule has 17 heteroatoms. The molecule has 6 aliphatic rings. The van der Waals surface area contributed by atoms with Crippen LogP contribution in [0.3, 0.4) is 0 Å². The maximum Gasteiger partial charge on any atom is 0.408 e. The molecule has 2 aliphatic heterocycles. The smallest absolute Gasteiger partial charge is 0.408 e. The highest BCUT2D eigenvalue weighted by molar-refractivity contribution is 7.91. The molecule has 16 nitrogen and oxygen atoms in total. The Morgan fingerprint density at radius 2 is 1.79 bits per heavy atom. The standard InChI is InChI=1S/C41H52N6O10S/c1-3-26-22-41(26,38(51)45-58(53,54)28-18-19-28)44-35(48)30-21-27-23-47(30)37(50)34(25-12-6-7-13-25)43-40(52)57-31-16-9-14-24(31)11-5-4-8-20-46-36(49)33-29(42-39(46)56-27)15-10-17-32(33)55-2/h3-4,8,10,15,17,24-28,30-31,34H,1,5-7,9,11-14,16,18-23H2,2H3,(H,43,52)(H,44,48)(H,45,51)/b8-4-/t24-,26-,27-,30+,31-,34+,41-/m1/s1. The lowest BCUT2D eigenvalue weighted by atomic mass is 9.96. The first-order valence-corrected chi connectivity index (χ1v) is 22.1. The van der Waals surface area contributed by atoms with Crippen molar-refractivity contribution < 1.29 is 41.8 Å². The number of fused-ring (bicyclic) bond motifs is 5. The van der Waals surface area contributed by atoms with Crippen molar-refractivity contribution in [2.24, 2.45) is 17.8 Å². The van der Waals surface area contributed by atoms with Crippen LogP contribution in [0.5, 0.6) is 11.8 Å². The van der Waals surface area contributed by atoms with Crippen molar-refractivity contribution in [1.82, 2.24) is 29.8 Å². The summed E-state index contributed by atoms with van der Waals surface area (Å²) in [6.07, 6.45) is 11.6. The van der Waals surface area contributed by atoms with Gasteiger partial charge in [0.25, 0.3) is 17.5 Å². The highest BCUT2D eigenvalue weighted by atomic mass is 32.2. The molecule has 0 unspecified atom stereocenters. The minimum atomic E-state index is -3.93. The predicted molar refractivity (Wildman–Crippen MR) is 211 cm³/mol. The molecule has 4 saturated carbocycles. The number of alkyl carbamates (subject to hydrolysis) is 1. The molecule has 7 atom stereocenters. The molecular weight excluding hydrogens is 769 g/mol. The van der Waals surface area contributed by atoms with E-state index in [4.69, 9.17) is 19.2 Å². The molecule has 312 valence electrons. The fraction of sp³-hybridized carbons (Fsp3) is 0.610. The van der Waals surface area contributed by atoms with Crippen molar-refractivity contribution in [3.05, 3.63) is 53.4 Å². The lowest BCUT2D eigenvalue weighted by Gasteiger charge is -2.32. The highest BCUT2D eigenvalue weighted by Gasteiger charge is 2.62. The number of carbonyl (C=O) groups excluding carboxylic acids is 4. The van der Waals surface area contributed by atoms with Gasteiger partial charge in [0.2, 0.25) is 21.8 Å². The van der Waals surface area contributed by atoms with Gasteiger partial charge in [-0.1, -0.05) is 37.1 Å². The molecule has 1 aromatic heterocycles. The van der Waals surface area contributed by atoms with Gasteiger partial charge >= 0.3 is 6.09 Å². The summed E-state index contributed by atoms with van der Waals surface area (Å²) >= 11 is 0. The monoisotopic (exact) mass is 820 g/mol. The number of nitrogens with zero attached hydrogens (tertiary/aromatic N) is 3. The van der Waals surface area contributed by atoms with E-state index < -0.39 is 68.7 Å². The Morgan fingerprint density at radius 3 is 2.52 bits per heavy atom. The first-order chi connectivity index (χ1) is 27.9. The molecule has 4 amide bonds. The average molecular weight is 821 g/mol. The normalized spacial score (nSPS) is 31.1. The van der Waals surface area contributed by atoms with Crippen LogP contribution in [-0.4, -0.2) is 95.4 Å². The van der Waals surface area contributed by atoms with Crippen LogP contribution in [0.2, 0.25) is 0 Å². The molecule has 5 fully saturated rings. The summed E-state index contributed by atoms with van der Waals surface area (Å²) in [7, 11) is -2.45. The molecular formula is C41H52N6O10S. The topological polar surface area (TPSA) is 204 Å². The van der Waals surface area contributed by atoms with Crippen LogP contribution < -0.4 is 30.4 Å². The zero-order valence-corrected chi connectivity index (χ0v) is 33.5. The average Bonchev–Trinajstić information content (AvgIpc) is 3.99. The first-order valence-electron chi connectivity index (χ1n) is 20.6. The van der Waals surface area contributed by atoms with E-state index in [1.807, 2.05) is 12.2 Å². The third-order valence-corrected chi connectivity index (χ3v) is 14.7. The summed E-state index contributed by atoms with van der Waals surface area (Å²) in [5.74, 6) is -2.32. The van der Waals surface area contributed by atoms with Gasteiger partial charge in [-0.15, -0.1) is 6.58 Å². The number of allylic oxidation sites excluding steroid dienone is 2. The van der Waals surface area contributed by atoms with Gasteiger partial charge in [-0.3, -0.25) is 28.5 Å². The van der Waals surface area contributed by atoms with Gasteiger partial charge in [0.1, 0.15) is 41.0 Å². The predicted octanol–water partition coefficient (Wildman–Crippen LogP) is 3.23. The quantitative estimate of drug-likeness (QED) is 0.330. The van der Waals surface area contributed by atoms with Crippen molar-refractivity contribution in [2.45, 2.75) is 125 Å². The summed E-state index contributed by atoms with van der Waals surface area (Å²) in [5.41, 5.74) is -1.63. The van der Waals surface area contributed by atoms with Gasteiger partial charge < -0.3 is 29.7 Å². The number of ether oxygens (including phenoxy) is 3. The lowest BCUT2D eigenvalue weighted by Crippen LogP contribution is -2.59. The summed E-state index contributed by atoms with van der Waals surface area (Å²) in [6, 6.07) is 2.88. The number of nitrogens with one attached hydrogen (secondary N) is 3. The number of hydrogen-bond donors (Lipinski definition) is 3. The second-order valence-electron chi connectivity index (χ2n) is 16.7. The van der Waals surface area contributed by atoms with Crippen LogP contribution in [0.15, 0.2) is 47.8 Å². The van der Waals surface area contributed by atoms with Gasteiger partial charge in [-0.05, 0) is 88.2 Å². The number of rotatable bonds is 8. The maximum absolute atomic E-state index is 14.9. The van der Waals surface area contributed by atoms with Crippen molar-refractivity contribution in [1.29, 1.82) is 0 Å². The molecule has 3 heterocycles. The first kappa shape index (κ1) is 39.9. The van der Waals surface area contributed by atoms with E-state index in [0.717, 1.165) is 32.1 Å². The van der Waals surface area contributed by atoms with Crippen LogP contribution in [-0.2, 0) is 35.7 Å². The van der Waals surface area contributed by atoms with E-state index >= 15 is 0 Å².